The highest BCUT2D eigenvalue weighted by Gasteiger charge is 2.71. The normalized spacial score (nSPS) is 28.9. The number of hydrogen-bond donors (Lipinski definition) is 4. The summed E-state index contributed by atoms with van der Waals surface area (Å²) >= 11 is 0. The molecule has 6 N–H and O–H groups in total. The zero-order valence-corrected chi connectivity index (χ0v) is 19.3. The van der Waals surface area contributed by atoms with Gasteiger partial charge in [-0.15, -0.1) is 0 Å². The Morgan fingerprint density at radius 1 is 1.31 bits per heavy atom. The summed E-state index contributed by atoms with van der Waals surface area (Å²) in [5.74, 6) is -1.23. The van der Waals surface area contributed by atoms with Gasteiger partial charge in [-0.1, -0.05) is 25.6 Å². The van der Waals surface area contributed by atoms with Gasteiger partial charge in [0.15, 0.2) is 22.9 Å². The number of Topliss-reactive ketones (excluding diaryl/α,β-unsaturated/α-hetero) is 1. The molecule has 1 spiro atoms. The Bertz CT molecular complexity index is 1430. The monoisotopic (exact) mass is 475 g/mol. The predicted molar refractivity (Wildman–Crippen MR) is 124 cm³/mol. The van der Waals surface area contributed by atoms with E-state index in [1.807, 2.05) is 19.9 Å². The zero-order chi connectivity index (χ0) is 25.0. The maximum absolute atomic E-state index is 13.8. The number of phenolic OH excluding ortho intramolecular Hbond substituents is 1. The molecule has 2 heterocycles. The van der Waals surface area contributed by atoms with Crippen LogP contribution in [-0.4, -0.2) is 38.7 Å². The van der Waals surface area contributed by atoms with Crippen LogP contribution in [0, 0.1) is 11.8 Å². The van der Waals surface area contributed by atoms with Crippen LogP contribution in [0.25, 0.3) is 11.3 Å². The summed E-state index contributed by atoms with van der Waals surface area (Å²) in [4.78, 5) is 25.8. The smallest absolute Gasteiger partial charge is 0.252 e. The highest BCUT2D eigenvalue weighted by Crippen LogP contribution is 2.65. The molecule has 0 saturated carbocycles. The fraction of sp³-hybridized carbons (Fsp3) is 0.346. The van der Waals surface area contributed by atoms with Crippen LogP contribution in [0.5, 0.6) is 5.75 Å². The molecule has 1 aromatic carbocycles. The Balaban J connectivity index is 1.49. The van der Waals surface area contributed by atoms with E-state index < -0.39 is 23.5 Å². The summed E-state index contributed by atoms with van der Waals surface area (Å²) < 4.78 is 11.6. The van der Waals surface area contributed by atoms with Gasteiger partial charge in [0.25, 0.3) is 5.91 Å². The minimum atomic E-state index is -1.14. The number of allylic oxidation sites excluding steroid dienone is 1. The second-order valence-corrected chi connectivity index (χ2v) is 10.0. The number of aromatic nitrogens is 1. The van der Waals surface area contributed by atoms with Crippen LogP contribution >= 0.6 is 0 Å². The first-order chi connectivity index (χ1) is 16.6. The molecular weight excluding hydrogens is 450 g/mol. The molecule has 1 amide bonds. The Labute approximate surface area is 200 Å². The number of carbonyl (C=O) groups excluding carboxylic acids is 2. The van der Waals surface area contributed by atoms with Crippen LogP contribution in [-0.2, 0) is 16.0 Å². The van der Waals surface area contributed by atoms with Gasteiger partial charge in [0, 0.05) is 28.7 Å². The number of rotatable bonds is 3. The summed E-state index contributed by atoms with van der Waals surface area (Å²) in [5.41, 5.74) is 13.6. The lowest BCUT2D eigenvalue weighted by Gasteiger charge is -2.40. The van der Waals surface area contributed by atoms with Gasteiger partial charge in [0.05, 0.1) is 22.9 Å². The minimum Gasteiger partial charge on any atom is -0.510 e. The highest BCUT2D eigenvalue weighted by molar-refractivity contribution is 6.15. The number of epoxide rings is 1. The van der Waals surface area contributed by atoms with Gasteiger partial charge in [0.2, 0.25) is 0 Å². The van der Waals surface area contributed by atoms with Gasteiger partial charge in [0.1, 0.15) is 11.5 Å². The van der Waals surface area contributed by atoms with Gasteiger partial charge < -0.3 is 30.9 Å². The van der Waals surface area contributed by atoms with E-state index in [0.29, 0.717) is 41.1 Å². The zero-order valence-electron chi connectivity index (χ0n) is 19.3. The first-order valence-electron chi connectivity index (χ1n) is 11.6. The number of aromatic hydroxyl groups is 1. The number of fused-ring (bicyclic) bond motifs is 2. The van der Waals surface area contributed by atoms with Crippen molar-refractivity contribution in [3.8, 4) is 17.1 Å². The first-order valence-corrected chi connectivity index (χ1v) is 11.6. The lowest BCUT2D eigenvalue weighted by molar-refractivity contribution is -0.114. The van der Waals surface area contributed by atoms with E-state index in [9.17, 15) is 19.8 Å². The Hall–Kier alpha value is -3.85. The molecule has 0 bridgehead atoms. The van der Waals surface area contributed by atoms with Crippen LogP contribution in [0.4, 0.5) is 0 Å². The third kappa shape index (κ3) is 2.64. The van der Waals surface area contributed by atoms with Crippen molar-refractivity contribution in [2.24, 2.45) is 23.3 Å². The van der Waals surface area contributed by atoms with Crippen LogP contribution in [0.1, 0.15) is 47.8 Å². The van der Waals surface area contributed by atoms with Gasteiger partial charge in [-0.25, -0.2) is 0 Å². The molecular formula is C26H25N3O6. The molecule has 180 valence electrons. The van der Waals surface area contributed by atoms with Gasteiger partial charge in [-0.05, 0) is 42.4 Å². The van der Waals surface area contributed by atoms with E-state index >= 15 is 0 Å². The molecule has 1 aliphatic heterocycles. The summed E-state index contributed by atoms with van der Waals surface area (Å²) in [6.45, 7) is 8.00. The number of aliphatic hydroxyl groups is 1. The number of carbonyl (C=O) groups is 2. The first kappa shape index (κ1) is 21.7. The summed E-state index contributed by atoms with van der Waals surface area (Å²) in [5, 5.41) is 25.5. The van der Waals surface area contributed by atoms with E-state index in [4.69, 9.17) is 20.7 Å². The second kappa shape index (κ2) is 6.85. The maximum Gasteiger partial charge on any atom is 0.252 e. The van der Waals surface area contributed by atoms with Gasteiger partial charge in [-0.3, -0.25) is 9.59 Å². The third-order valence-electron chi connectivity index (χ3n) is 7.87. The van der Waals surface area contributed by atoms with E-state index in [1.54, 1.807) is 6.07 Å². The maximum atomic E-state index is 13.8. The second-order valence-electron chi connectivity index (χ2n) is 10.0. The quantitative estimate of drug-likeness (QED) is 0.492. The van der Waals surface area contributed by atoms with E-state index in [2.05, 4.69) is 11.7 Å². The topological polar surface area (TPSA) is 165 Å². The number of phenols is 1. The lowest BCUT2D eigenvalue weighted by atomic mass is 9.61. The summed E-state index contributed by atoms with van der Waals surface area (Å²) in [6.07, 6.45) is 0.854. The fourth-order valence-electron chi connectivity index (χ4n) is 6.08. The van der Waals surface area contributed by atoms with Crippen molar-refractivity contribution in [3.05, 3.63) is 69.8 Å². The van der Waals surface area contributed by atoms with E-state index in [1.165, 1.54) is 6.07 Å². The van der Waals surface area contributed by atoms with E-state index in [0.717, 1.165) is 5.69 Å². The number of aliphatic hydroxyl groups excluding tert-OH is 1. The number of benzene rings is 1. The molecule has 2 unspecified atom stereocenters. The summed E-state index contributed by atoms with van der Waals surface area (Å²) in [6, 6.07) is 4.16. The van der Waals surface area contributed by atoms with E-state index in [-0.39, 0.29) is 45.8 Å². The molecule has 2 aromatic rings. The molecule has 3 aliphatic carbocycles. The van der Waals surface area contributed by atoms with Crippen molar-refractivity contribution in [3.63, 3.8) is 0 Å². The number of ether oxygens (including phenoxy) is 1. The number of primary amides is 1. The molecule has 4 aliphatic rings. The highest BCUT2D eigenvalue weighted by atomic mass is 16.6. The van der Waals surface area contributed by atoms with Crippen molar-refractivity contribution in [2.75, 3.05) is 0 Å². The number of amides is 1. The molecule has 6 rings (SSSR count). The van der Waals surface area contributed by atoms with Crippen LogP contribution in [0.2, 0.25) is 0 Å². The average Bonchev–Trinajstić information content (AvgIpc) is 3.36. The van der Waals surface area contributed by atoms with Crippen LogP contribution in [0.15, 0.2) is 57.5 Å². The van der Waals surface area contributed by atoms with Gasteiger partial charge >= 0.3 is 0 Å². The third-order valence-corrected chi connectivity index (χ3v) is 7.87. The minimum absolute atomic E-state index is 0.129. The largest absolute Gasteiger partial charge is 0.510 e. The number of hydrogen-bond acceptors (Lipinski definition) is 8. The van der Waals surface area contributed by atoms with Crippen molar-refractivity contribution >= 4 is 11.7 Å². The van der Waals surface area contributed by atoms with Crippen molar-refractivity contribution in [2.45, 2.75) is 44.2 Å². The van der Waals surface area contributed by atoms with Crippen LogP contribution in [0.3, 0.4) is 0 Å². The fourth-order valence-corrected chi connectivity index (χ4v) is 6.08. The molecule has 1 saturated heterocycles. The lowest BCUT2D eigenvalue weighted by Crippen LogP contribution is -2.51. The molecule has 1 fully saturated rings. The molecule has 4 atom stereocenters. The average molecular weight is 476 g/mol. The standard InChI is InChI=1S/C26H25N3O6/c1-9(2)15-8-17(35-29-15)12-4-5-16(30)20-13(12)6-11-7-14-21(27)23(32)18(25(28)33)10(3)26(14)24(34-26)19(11)22(20)31/h4-5,8-9,11,14,21,30,32H,3,6-7,27H2,1-2H3,(H2,28,33)/t11?,14-,21?,26-/m0/s1. The molecule has 9 nitrogen and oxygen atoms in total. The van der Waals surface area contributed by atoms with Crippen molar-refractivity contribution in [1.29, 1.82) is 0 Å². The van der Waals surface area contributed by atoms with Crippen LogP contribution < -0.4 is 11.5 Å². The predicted octanol–water partition coefficient (Wildman–Crippen LogP) is 2.76. The Kier molecular flexibility index (Phi) is 4.24. The summed E-state index contributed by atoms with van der Waals surface area (Å²) in [7, 11) is 0. The van der Waals surface area contributed by atoms with Crippen molar-refractivity contribution < 1.29 is 29.1 Å². The Morgan fingerprint density at radius 2 is 2.06 bits per heavy atom. The van der Waals surface area contributed by atoms with Crippen molar-refractivity contribution in [1.82, 2.24) is 5.16 Å². The molecule has 35 heavy (non-hydrogen) atoms. The molecule has 1 aromatic heterocycles. The molecule has 9 heteroatoms. The molecule has 0 radical (unpaired) electrons. The van der Waals surface area contributed by atoms with Gasteiger partial charge in [-0.2, -0.15) is 0 Å². The Morgan fingerprint density at radius 3 is 2.71 bits per heavy atom. The SMILES string of the molecule is C=C1C(C(N)=O)=C(O)C(N)[C@@H]2CC3Cc4c(-c5cc(C(C)C)no5)ccc(O)c4C(=O)C3=C3O[C@]132. The number of ketones is 1. The number of nitrogens with two attached hydrogens (primary N) is 2. The number of nitrogens with zero attached hydrogens (tertiary/aromatic N) is 1.